The van der Waals surface area contributed by atoms with Gasteiger partial charge in [-0.3, -0.25) is 4.68 Å². The van der Waals surface area contributed by atoms with E-state index in [1.165, 1.54) is 11.1 Å². The molecule has 0 saturated carbocycles. The lowest BCUT2D eigenvalue weighted by Gasteiger charge is -2.05. The SMILES string of the molecule is COc1ccc(CNc2nn(C)c3c2sc2nnc(C)c(C)c23)cc1. The minimum atomic E-state index is 0.702. The van der Waals surface area contributed by atoms with Crippen LogP contribution in [0.3, 0.4) is 0 Å². The van der Waals surface area contributed by atoms with Gasteiger partial charge in [0.1, 0.15) is 10.6 Å². The number of anilines is 1. The molecule has 0 radical (unpaired) electrons. The van der Waals surface area contributed by atoms with Gasteiger partial charge in [-0.05, 0) is 37.1 Å². The first kappa shape index (κ1) is 15.8. The summed E-state index contributed by atoms with van der Waals surface area (Å²) in [6.45, 7) is 4.79. The molecule has 0 amide bonds. The number of aromatic nitrogens is 4. The third-order valence-electron chi connectivity index (χ3n) is 4.48. The summed E-state index contributed by atoms with van der Waals surface area (Å²) in [5.41, 5.74) is 4.42. The highest BCUT2D eigenvalue weighted by Crippen LogP contribution is 2.38. The molecule has 0 atom stereocenters. The number of rotatable bonds is 4. The van der Waals surface area contributed by atoms with Crippen LogP contribution in [0, 0.1) is 13.8 Å². The fourth-order valence-corrected chi connectivity index (χ4v) is 4.12. The highest BCUT2D eigenvalue weighted by Gasteiger charge is 2.18. The van der Waals surface area contributed by atoms with Gasteiger partial charge in [-0.2, -0.15) is 10.2 Å². The number of ether oxygens (including phenoxy) is 1. The lowest BCUT2D eigenvalue weighted by atomic mass is 10.1. The van der Waals surface area contributed by atoms with Crippen LogP contribution in [-0.2, 0) is 13.6 Å². The molecule has 1 N–H and O–H groups in total. The van der Waals surface area contributed by atoms with E-state index in [-0.39, 0.29) is 0 Å². The maximum Gasteiger partial charge on any atom is 0.166 e. The van der Waals surface area contributed by atoms with Crippen LogP contribution >= 0.6 is 11.3 Å². The molecule has 0 unspecified atom stereocenters. The fraction of sp³-hybridized carbons (Fsp3) is 0.278. The first-order valence-corrected chi connectivity index (χ1v) is 8.86. The molecule has 6 nitrogen and oxygen atoms in total. The molecular formula is C18H19N5OS. The molecule has 0 fully saturated rings. The van der Waals surface area contributed by atoms with Gasteiger partial charge in [0.25, 0.3) is 0 Å². The zero-order chi connectivity index (χ0) is 17.6. The van der Waals surface area contributed by atoms with Crippen LogP contribution < -0.4 is 10.1 Å². The van der Waals surface area contributed by atoms with Crippen molar-refractivity contribution in [3.05, 3.63) is 41.1 Å². The summed E-state index contributed by atoms with van der Waals surface area (Å²) in [5.74, 6) is 1.74. The van der Waals surface area contributed by atoms with Crippen molar-refractivity contribution >= 4 is 37.6 Å². The van der Waals surface area contributed by atoms with E-state index in [0.717, 1.165) is 37.7 Å². The Morgan fingerprint density at radius 3 is 2.64 bits per heavy atom. The molecule has 0 aliphatic heterocycles. The Morgan fingerprint density at radius 1 is 1.16 bits per heavy atom. The van der Waals surface area contributed by atoms with Crippen molar-refractivity contribution in [2.45, 2.75) is 20.4 Å². The molecule has 3 aromatic heterocycles. The zero-order valence-electron chi connectivity index (χ0n) is 14.6. The summed E-state index contributed by atoms with van der Waals surface area (Å²) in [6.07, 6.45) is 0. The predicted octanol–water partition coefficient (Wildman–Crippen LogP) is 3.82. The lowest BCUT2D eigenvalue weighted by Crippen LogP contribution is -2.01. The maximum atomic E-state index is 5.20. The number of hydrogen-bond acceptors (Lipinski definition) is 6. The Balaban J connectivity index is 1.71. The number of hydrogen-bond donors (Lipinski definition) is 1. The van der Waals surface area contributed by atoms with Crippen LogP contribution in [0.1, 0.15) is 16.8 Å². The number of aryl methyl sites for hydroxylation is 3. The van der Waals surface area contributed by atoms with Crippen molar-refractivity contribution in [1.29, 1.82) is 0 Å². The fourth-order valence-electron chi connectivity index (χ4n) is 2.96. The van der Waals surface area contributed by atoms with Crippen LogP contribution in [-0.4, -0.2) is 27.1 Å². The molecule has 128 valence electrons. The van der Waals surface area contributed by atoms with Gasteiger partial charge in [0, 0.05) is 19.0 Å². The minimum absolute atomic E-state index is 0.702. The third-order valence-corrected chi connectivity index (χ3v) is 5.55. The van der Waals surface area contributed by atoms with Gasteiger partial charge in [0.05, 0.1) is 23.0 Å². The van der Waals surface area contributed by atoms with E-state index >= 15 is 0 Å². The number of nitrogens with one attached hydrogen (secondary N) is 1. The highest BCUT2D eigenvalue weighted by atomic mass is 32.1. The summed E-state index contributed by atoms with van der Waals surface area (Å²) in [4.78, 5) is 0.957. The number of nitrogens with zero attached hydrogens (tertiary/aromatic N) is 4. The van der Waals surface area contributed by atoms with Crippen LogP contribution in [0.2, 0.25) is 0 Å². The maximum absolute atomic E-state index is 5.20. The van der Waals surface area contributed by atoms with E-state index in [1.54, 1.807) is 18.4 Å². The first-order valence-electron chi connectivity index (χ1n) is 8.04. The summed E-state index contributed by atoms with van der Waals surface area (Å²) >= 11 is 1.63. The second-order valence-electron chi connectivity index (χ2n) is 6.04. The topological polar surface area (TPSA) is 64.9 Å². The second kappa shape index (κ2) is 6.00. The van der Waals surface area contributed by atoms with Gasteiger partial charge in [0.2, 0.25) is 0 Å². The molecule has 0 aliphatic rings. The molecule has 1 aromatic carbocycles. The Morgan fingerprint density at radius 2 is 1.92 bits per heavy atom. The van der Waals surface area contributed by atoms with E-state index in [4.69, 9.17) is 4.74 Å². The minimum Gasteiger partial charge on any atom is -0.497 e. The van der Waals surface area contributed by atoms with Crippen molar-refractivity contribution in [3.63, 3.8) is 0 Å². The Kier molecular flexibility index (Phi) is 3.80. The Bertz CT molecular complexity index is 1060. The molecule has 0 saturated heterocycles. The highest BCUT2D eigenvalue weighted by molar-refractivity contribution is 7.26. The largest absolute Gasteiger partial charge is 0.497 e. The average molecular weight is 353 g/mol. The molecule has 3 heterocycles. The van der Waals surface area contributed by atoms with Crippen molar-refractivity contribution in [1.82, 2.24) is 20.0 Å². The van der Waals surface area contributed by atoms with Gasteiger partial charge in [-0.25, -0.2) is 0 Å². The predicted molar refractivity (Wildman–Crippen MR) is 101 cm³/mol. The summed E-state index contributed by atoms with van der Waals surface area (Å²) in [5, 5.41) is 17.9. The quantitative estimate of drug-likeness (QED) is 0.604. The van der Waals surface area contributed by atoms with Gasteiger partial charge < -0.3 is 10.1 Å². The monoisotopic (exact) mass is 353 g/mol. The summed E-state index contributed by atoms with van der Waals surface area (Å²) in [6, 6.07) is 8.03. The summed E-state index contributed by atoms with van der Waals surface area (Å²) < 4.78 is 8.25. The molecule has 0 aliphatic carbocycles. The van der Waals surface area contributed by atoms with E-state index in [1.807, 2.05) is 30.8 Å². The van der Waals surface area contributed by atoms with Crippen LogP contribution in [0.25, 0.3) is 20.4 Å². The van der Waals surface area contributed by atoms with Crippen molar-refractivity contribution in [2.75, 3.05) is 12.4 Å². The second-order valence-corrected chi connectivity index (χ2v) is 7.04. The zero-order valence-corrected chi connectivity index (χ0v) is 15.4. The van der Waals surface area contributed by atoms with Gasteiger partial charge >= 0.3 is 0 Å². The van der Waals surface area contributed by atoms with Crippen LogP contribution in [0.4, 0.5) is 5.82 Å². The molecular weight excluding hydrogens is 334 g/mol. The lowest BCUT2D eigenvalue weighted by molar-refractivity contribution is 0.414. The molecule has 7 heteroatoms. The molecule has 0 bridgehead atoms. The Labute approximate surface area is 149 Å². The first-order chi connectivity index (χ1) is 12.1. The number of benzene rings is 1. The standard InChI is InChI=1S/C18H19N5OS/c1-10-11(2)20-21-18-14(10)15-16(25-18)17(22-23(15)3)19-9-12-5-7-13(24-4)8-6-12/h5-8H,9H2,1-4H3,(H,19,22). The molecule has 0 spiro atoms. The van der Waals surface area contributed by atoms with Crippen molar-refractivity contribution in [3.8, 4) is 5.75 Å². The van der Waals surface area contributed by atoms with E-state index in [0.29, 0.717) is 6.54 Å². The number of fused-ring (bicyclic) bond motifs is 3. The van der Waals surface area contributed by atoms with Crippen molar-refractivity contribution < 1.29 is 4.74 Å². The summed E-state index contributed by atoms with van der Waals surface area (Å²) in [7, 11) is 3.65. The number of methoxy groups -OCH3 is 1. The van der Waals surface area contributed by atoms with Gasteiger partial charge in [-0.1, -0.05) is 12.1 Å². The van der Waals surface area contributed by atoms with E-state index in [9.17, 15) is 0 Å². The number of thiophene rings is 1. The molecule has 4 rings (SSSR count). The van der Waals surface area contributed by atoms with E-state index < -0.39 is 0 Å². The van der Waals surface area contributed by atoms with E-state index in [2.05, 4.69) is 39.7 Å². The molecule has 25 heavy (non-hydrogen) atoms. The Hall–Kier alpha value is -2.67. The van der Waals surface area contributed by atoms with Crippen LogP contribution in [0.15, 0.2) is 24.3 Å². The van der Waals surface area contributed by atoms with Crippen molar-refractivity contribution in [2.24, 2.45) is 7.05 Å². The normalized spacial score (nSPS) is 11.4. The van der Waals surface area contributed by atoms with Gasteiger partial charge in [-0.15, -0.1) is 16.4 Å². The average Bonchev–Trinajstić information content (AvgIpc) is 3.15. The van der Waals surface area contributed by atoms with Crippen LogP contribution in [0.5, 0.6) is 5.75 Å². The van der Waals surface area contributed by atoms with Gasteiger partial charge in [0.15, 0.2) is 5.82 Å². The third kappa shape index (κ3) is 2.60. The smallest absolute Gasteiger partial charge is 0.166 e. The molecule has 4 aromatic rings.